The molecule has 1 aromatic carbocycles. The molecule has 0 N–H and O–H groups in total. The quantitative estimate of drug-likeness (QED) is 0.457. The Kier molecular flexibility index (Phi) is 3.48. The maximum atomic E-state index is 4.28. The topological polar surface area (TPSA) is 15.6 Å². The first-order chi connectivity index (χ1) is 7.99. The Balaban J connectivity index is 1.95. The molecule has 1 fully saturated rings. The Bertz CT molecular complexity index is 407. The van der Waals surface area contributed by atoms with Gasteiger partial charge in [-0.15, -0.1) is 0 Å². The molecule has 0 bridgehead atoms. The lowest BCUT2D eigenvalue weighted by Crippen LogP contribution is -2.06. The summed E-state index contributed by atoms with van der Waals surface area (Å²) in [6.07, 6.45) is 3.14. The van der Waals surface area contributed by atoms with Crippen LogP contribution in [0.4, 0.5) is 0 Å². The summed E-state index contributed by atoms with van der Waals surface area (Å²) in [6, 6.07) is 8.82. The molecule has 3 heteroatoms. The summed E-state index contributed by atoms with van der Waals surface area (Å²) in [7, 11) is 3.95. The summed E-state index contributed by atoms with van der Waals surface area (Å²) in [4.78, 5) is 3.14. The van der Waals surface area contributed by atoms with Crippen LogP contribution in [-0.2, 0) is 0 Å². The van der Waals surface area contributed by atoms with Gasteiger partial charge in [-0.25, -0.2) is 4.40 Å². The minimum Gasteiger partial charge on any atom is -0.368 e. The predicted molar refractivity (Wildman–Crippen MR) is 75.6 cm³/mol. The number of hydrogen-bond donors (Lipinski definition) is 0. The van der Waals surface area contributed by atoms with Crippen LogP contribution < -0.4 is 0 Å². The molecule has 0 heterocycles. The smallest absolute Gasteiger partial charge is 0.0988 e. The van der Waals surface area contributed by atoms with Crippen molar-refractivity contribution in [2.45, 2.75) is 31.1 Å². The molecule has 1 unspecified atom stereocenters. The van der Waals surface area contributed by atoms with Gasteiger partial charge in [0.1, 0.15) is 0 Å². The molecule has 2 rings (SSSR count). The standard InChI is InChI=1S/C14H20N2S/c1-14(2)9-13(14)11-5-7-12(8-6-11)17-15-10-16(3)4/h5-8,10,13H,9H2,1-4H3/b15-10+. The summed E-state index contributed by atoms with van der Waals surface area (Å²) in [5.41, 5.74) is 1.98. The molecular weight excluding hydrogens is 228 g/mol. The first-order valence-corrected chi connectivity index (χ1v) is 6.73. The van der Waals surface area contributed by atoms with Crippen LogP contribution in [0, 0.1) is 5.41 Å². The molecule has 0 spiro atoms. The van der Waals surface area contributed by atoms with Gasteiger partial charge in [-0.05, 0) is 35.4 Å². The molecule has 0 amide bonds. The molecule has 2 nitrogen and oxygen atoms in total. The molecular formula is C14H20N2S. The molecule has 0 aliphatic heterocycles. The van der Waals surface area contributed by atoms with Crippen molar-refractivity contribution in [1.82, 2.24) is 4.90 Å². The highest BCUT2D eigenvalue weighted by atomic mass is 32.2. The van der Waals surface area contributed by atoms with Gasteiger partial charge in [0.25, 0.3) is 0 Å². The molecule has 1 atom stereocenters. The second-order valence-electron chi connectivity index (χ2n) is 5.59. The highest BCUT2D eigenvalue weighted by Crippen LogP contribution is 2.58. The summed E-state index contributed by atoms with van der Waals surface area (Å²) in [6.45, 7) is 4.67. The zero-order chi connectivity index (χ0) is 12.5. The third kappa shape index (κ3) is 3.25. The van der Waals surface area contributed by atoms with Crippen molar-refractivity contribution >= 4 is 18.3 Å². The highest BCUT2D eigenvalue weighted by molar-refractivity contribution is 7.98. The normalized spacial score (nSPS) is 21.8. The lowest BCUT2D eigenvalue weighted by atomic mass is 10.0. The van der Waals surface area contributed by atoms with E-state index in [2.05, 4.69) is 42.5 Å². The molecule has 1 aliphatic carbocycles. The average Bonchev–Trinajstić information content (AvgIpc) is 2.88. The van der Waals surface area contributed by atoms with E-state index in [0.717, 1.165) is 5.92 Å². The van der Waals surface area contributed by atoms with Crippen LogP contribution in [0.3, 0.4) is 0 Å². The molecule has 0 saturated heterocycles. The zero-order valence-corrected chi connectivity index (χ0v) is 11.8. The van der Waals surface area contributed by atoms with Gasteiger partial charge in [0.2, 0.25) is 0 Å². The number of rotatable bonds is 4. The van der Waals surface area contributed by atoms with Crippen LogP contribution in [0.15, 0.2) is 33.6 Å². The fourth-order valence-electron chi connectivity index (χ4n) is 1.98. The van der Waals surface area contributed by atoms with Crippen LogP contribution in [0.1, 0.15) is 31.7 Å². The Hall–Kier alpha value is -0.960. The lowest BCUT2D eigenvalue weighted by Gasteiger charge is -2.05. The zero-order valence-electron chi connectivity index (χ0n) is 11.0. The molecule has 1 aliphatic rings. The molecule has 0 aromatic heterocycles. The van der Waals surface area contributed by atoms with E-state index in [1.807, 2.05) is 25.3 Å². The maximum Gasteiger partial charge on any atom is 0.0988 e. The molecule has 1 aromatic rings. The molecule has 1 saturated carbocycles. The number of benzene rings is 1. The molecule has 0 radical (unpaired) electrons. The second kappa shape index (κ2) is 4.73. The first-order valence-electron chi connectivity index (χ1n) is 5.96. The van der Waals surface area contributed by atoms with E-state index in [1.54, 1.807) is 0 Å². The van der Waals surface area contributed by atoms with E-state index in [-0.39, 0.29) is 0 Å². The Morgan fingerprint density at radius 2 is 1.88 bits per heavy atom. The van der Waals surface area contributed by atoms with Crippen molar-refractivity contribution in [2.75, 3.05) is 14.1 Å². The van der Waals surface area contributed by atoms with Crippen molar-refractivity contribution < 1.29 is 0 Å². The van der Waals surface area contributed by atoms with E-state index in [1.165, 1.54) is 28.8 Å². The lowest BCUT2D eigenvalue weighted by molar-refractivity contribution is 0.621. The van der Waals surface area contributed by atoms with Crippen LogP contribution in [0.2, 0.25) is 0 Å². The van der Waals surface area contributed by atoms with Crippen molar-refractivity contribution in [3.63, 3.8) is 0 Å². The summed E-state index contributed by atoms with van der Waals surface area (Å²) < 4.78 is 4.28. The highest BCUT2D eigenvalue weighted by Gasteiger charge is 2.46. The number of nitrogens with zero attached hydrogens (tertiary/aromatic N) is 2. The van der Waals surface area contributed by atoms with Gasteiger partial charge in [0, 0.05) is 30.9 Å². The van der Waals surface area contributed by atoms with Gasteiger partial charge in [-0.3, -0.25) is 0 Å². The van der Waals surface area contributed by atoms with E-state index in [0.29, 0.717) is 5.41 Å². The first kappa shape index (κ1) is 12.5. The Morgan fingerprint density at radius 3 is 2.35 bits per heavy atom. The largest absolute Gasteiger partial charge is 0.368 e. The summed E-state index contributed by atoms with van der Waals surface area (Å²) in [5, 5.41) is 0. The van der Waals surface area contributed by atoms with Crippen LogP contribution in [0.5, 0.6) is 0 Å². The van der Waals surface area contributed by atoms with E-state index in [4.69, 9.17) is 0 Å². The molecule has 17 heavy (non-hydrogen) atoms. The van der Waals surface area contributed by atoms with E-state index >= 15 is 0 Å². The van der Waals surface area contributed by atoms with Gasteiger partial charge in [-0.2, -0.15) is 0 Å². The third-order valence-electron chi connectivity index (χ3n) is 3.23. The van der Waals surface area contributed by atoms with Crippen molar-refractivity contribution in [1.29, 1.82) is 0 Å². The SMILES string of the molecule is CN(C)/C=N/Sc1ccc(C2CC2(C)C)cc1. The van der Waals surface area contributed by atoms with Crippen molar-refractivity contribution in [3.8, 4) is 0 Å². The number of hydrogen-bond acceptors (Lipinski definition) is 2. The molecule has 92 valence electrons. The van der Waals surface area contributed by atoms with E-state index in [9.17, 15) is 0 Å². The monoisotopic (exact) mass is 248 g/mol. The van der Waals surface area contributed by atoms with Crippen molar-refractivity contribution in [2.24, 2.45) is 9.81 Å². The Labute approximate surface area is 108 Å². The van der Waals surface area contributed by atoms with Crippen LogP contribution in [0.25, 0.3) is 0 Å². The fourth-order valence-corrected chi connectivity index (χ4v) is 2.59. The van der Waals surface area contributed by atoms with Gasteiger partial charge >= 0.3 is 0 Å². The minimum atomic E-state index is 0.512. The third-order valence-corrected chi connectivity index (χ3v) is 3.91. The van der Waals surface area contributed by atoms with E-state index < -0.39 is 0 Å². The summed E-state index contributed by atoms with van der Waals surface area (Å²) in [5.74, 6) is 0.756. The van der Waals surface area contributed by atoms with Crippen molar-refractivity contribution in [3.05, 3.63) is 29.8 Å². The maximum absolute atomic E-state index is 4.28. The minimum absolute atomic E-state index is 0.512. The van der Waals surface area contributed by atoms with Crippen LogP contribution >= 0.6 is 11.9 Å². The van der Waals surface area contributed by atoms with Gasteiger partial charge in [0.05, 0.1) is 6.34 Å². The second-order valence-corrected chi connectivity index (χ2v) is 6.45. The van der Waals surface area contributed by atoms with Gasteiger partial charge in [-0.1, -0.05) is 26.0 Å². The predicted octanol–water partition coefficient (Wildman–Crippen LogP) is 3.80. The fraction of sp³-hybridized carbons (Fsp3) is 0.500. The Morgan fingerprint density at radius 1 is 1.29 bits per heavy atom. The van der Waals surface area contributed by atoms with Gasteiger partial charge in [0.15, 0.2) is 0 Å². The average molecular weight is 248 g/mol. The summed E-state index contributed by atoms with van der Waals surface area (Å²) >= 11 is 1.52. The van der Waals surface area contributed by atoms with Crippen LogP contribution in [-0.4, -0.2) is 25.3 Å². The van der Waals surface area contributed by atoms with Gasteiger partial charge < -0.3 is 4.90 Å².